The lowest BCUT2D eigenvalue weighted by atomic mass is 10.1. The predicted octanol–water partition coefficient (Wildman–Crippen LogP) is 1.64. The lowest BCUT2D eigenvalue weighted by Gasteiger charge is -2.38. The molecule has 0 radical (unpaired) electrons. The first-order valence-corrected chi connectivity index (χ1v) is 10.1. The number of ether oxygens (including phenoxy) is 3. The van der Waals surface area contributed by atoms with Gasteiger partial charge >= 0.3 is 0 Å². The Hall–Kier alpha value is -3.12. The average Bonchev–Trinajstić information content (AvgIpc) is 3.32. The van der Waals surface area contributed by atoms with Crippen LogP contribution in [0.15, 0.2) is 24.0 Å². The van der Waals surface area contributed by atoms with Crippen LogP contribution in [-0.2, 0) is 9.59 Å². The maximum atomic E-state index is 12.6. The smallest absolute Gasteiger partial charge is 0.246 e. The van der Waals surface area contributed by atoms with Crippen LogP contribution in [0.1, 0.15) is 18.4 Å². The zero-order valence-electron chi connectivity index (χ0n) is 17.8. The van der Waals surface area contributed by atoms with Gasteiger partial charge in [0.25, 0.3) is 0 Å². The Balaban J connectivity index is 1.62. The molecular formula is C22H29N3O5. The van der Waals surface area contributed by atoms with Gasteiger partial charge in [0.15, 0.2) is 23.3 Å². The Morgan fingerprint density at radius 2 is 1.40 bits per heavy atom. The number of piperazine rings is 1. The van der Waals surface area contributed by atoms with Crippen LogP contribution in [0.3, 0.4) is 0 Å². The molecule has 2 fully saturated rings. The van der Waals surface area contributed by atoms with Crippen molar-refractivity contribution in [3.05, 3.63) is 29.6 Å². The largest absolute Gasteiger partial charge is 0.493 e. The number of hydrogen-bond donors (Lipinski definition) is 0. The molecule has 3 rings (SSSR count). The van der Waals surface area contributed by atoms with Gasteiger partial charge in [0.1, 0.15) is 0 Å². The van der Waals surface area contributed by atoms with Crippen molar-refractivity contribution in [2.45, 2.75) is 12.8 Å². The summed E-state index contributed by atoms with van der Waals surface area (Å²) in [6, 6.07) is 3.58. The number of carbonyl (C=O) groups excluding carboxylic acids is 2. The van der Waals surface area contributed by atoms with Crippen molar-refractivity contribution < 1.29 is 23.8 Å². The second kappa shape index (κ2) is 10.1. The van der Waals surface area contributed by atoms with Crippen molar-refractivity contribution in [2.75, 3.05) is 60.6 Å². The van der Waals surface area contributed by atoms with Gasteiger partial charge in [-0.25, -0.2) is 4.79 Å². The first-order valence-electron chi connectivity index (χ1n) is 10.1. The van der Waals surface area contributed by atoms with Crippen LogP contribution in [0, 0.1) is 0 Å². The summed E-state index contributed by atoms with van der Waals surface area (Å²) in [5.74, 6) is 4.25. The van der Waals surface area contributed by atoms with E-state index in [0.29, 0.717) is 49.2 Å². The van der Waals surface area contributed by atoms with E-state index in [-0.39, 0.29) is 5.91 Å². The highest BCUT2D eigenvalue weighted by Gasteiger charge is 2.26. The molecule has 0 spiro atoms. The molecule has 0 atom stereocenters. The normalized spacial score (nSPS) is 16.6. The van der Waals surface area contributed by atoms with Crippen molar-refractivity contribution in [3.8, 4) is 17.2 Å². The lowest BCUT2D eigenvalue weighted by molar-refractivity contribution is -0.127. The monoisotopic (exact) mass is 415 g/mol. The minimum absolute atomic E-state index is 0.0683. The number of benzene rings is 1. The Labute approximate surface area is 177 Å². The molecule has 1 aromatic rings. The van der Waals surface area contributed by atoms with E-state index in [9.17, 15) is 9.59 Å². The molecule has 162 valence electrons. The number of hydrogen-bond acceptors (Lipinski definition) is 7. The first kappa shape index (κ1) is 21.6. The van der Waals surface area contributed by atoms with Gasteiger partial charge in [-0.1, -0.05) is 0 Å². The number of amides is 1. The number of methoxy groups -OCH3 is 3. The second-order valence-corrected chi connectivity index (χ2v) is 7.22. The molecule has 1 aromatic carbocycles. The summed E-state index contributed by atoms with van der Waals surface area (Å²) in [5.41, 5.74) is 0.775. The second-order valence-electron chi connectivity index (χ2n) is 7.22. The molecule has 0 unspecified atom stereocenters. The minimum Gasteiger partial charge on any atom is -0.493 e. The Morgan fingerprint density at radius 3 is 1.90 bits per heavy atom. The third-order valence-corrected chi connectivity index (χ3v) is 5.49. The van der Waals surface area contributed by atoms with E-state index >= 15 is 0 Å². The van der Waals surface area contributed by atoms with Crippen LogP contribution in [0.4, 0.5) is 0 Å². The Bertz CT molecular complexity index is 808. The standard InChI is InChI=1S/C22H29N3O5/c1-28-18-14-17(15-19(29-2)22(18)30-3)6-7-21(27)25-12-10-24(11-13-25)20(16-26)23-8-4-5-9-23/h6-7,14-15H,4-5,8-13H2,1-3H3. The van der Waals surface area contributed by atoms with Crippen molar-refractivity contribution in [2.24, 2.45) is 0 Å². The summed E-state index contributed by atoms with van der Waals surface area (Å²) in [6.07, 6.45) is 5.50. The van der Waals surface area contributed by atoms with Gasteiger partial charge < -0.3 is 28.9 Å². The zero-order chi connectivity index (χ0) is 21.5. The van der Waals surface area contributed by atoms with Crippen molar-refractivity contribution in [3.63, 3.8) is 0 Å². The maximum Gasteiger partial charge on any atom is 0.246 e. The molecule has 0 aromatic heterocycles. The predicted molar refractivity (Wildman–Crippen MR) is 113 cm³/mol. The van der Waals surface area contributed by atoms with E-state index in [1.807, 2.05) is 4.90 Å². The number of likely N-dealkylation sites (tertiary alicyclic amines) is 1. The summed E-state index contributed by atoms with van der Waals surface area (Å²) in [7, 11) is 4.66. The van der Waals surface area contributed by atoms with Crippen LogP contribution in [0.5, 0.6) is 17.2 Å². The van der Waals surface area contributed by atoms with Crippen LogP contribution in [0.2, 0.25) is 0 Å². The van der Waals surface area contributed by atoms with E-state index in [0.717, 1.165) is 31.5 Å². The molecule has 8 nitrogen and oxygen atoms in total. The Morgan fingerprint density at radius 1 is 0.867 bits per heavy atom. The molecular weight excluding hydrogens is 386 g/mol. The van der Waals surface area contributed by atoms with Crippen molar-refractivity contribution in [1.82, 2.24) is 14.7 Å². The summed E-state index contributed by atoms with van der Waals surface area (Å²) < 4.78 is 16.0. The molecule has 2 aliphatic rings. The molecule has 2 saturated heterocycles. The lowest BCUT2D eigenvalue weighted by Crippen LogP contribution is -2.50. The van der Waals surface area contributed by atoms with E-state index in [4.69, 9.17) is 14.2 Å². The van der Waals surface area contributed by atoms with Crippen LogP contribution < -0.4 is 14.2 Å². The average molecular weight is 415 g/mol. The van der Waals surface area contributed by atoms with Gasteiger partial charge in [-0.3, -0.25) is 4.79 Å². The quantitative estimate of drug-likeness (QED) is 0.495. The molecule has 2 heterocycles. The number of carbonyl (C=O) groups is 1. The van der Waals surface area contributed by atoms with Gasteiger partial charge in [0, 0.05) is 45.3 Å². The fourth-order valence-corrected chi connectivity index (χ4v) is 3.87. The van der Waals surface area contributed by atoms with Crippen LogP contribution in [-0.4, -0.2) is 87.1 Å². The number of nitrogens with zero attached hydrogens (tertiary/aromatic N) is 3. The molecule has 2 aliphatic heterocycles. The molecule has 1 amide bonds. The SMILES string of the molecule is COc1cc(C=CC(=O)N2CCN(C(=C=O)N3CCCC3)CC2)cc(OC)c1OC. The molecule has 0 saturated carbocycles. The zero-order valence-corrected chi connectivity index (χ0v) is 17.8. The van der Waals surface area contributed by atoms with E-state index in [2.05, 4.69) is 10.8 Å². The van der Waals surface area contributed by atoms with Gasteiger partial charge in [0.05, 0.1) is 21.3 Å². The molecule has 0 aliphatic carbocycles. The molecule has 0 bridgehead atoms. The molecule has 8 heteroatoms. The highest BCUT2D eigenvalue weighted by Crippen LogP contribution is 2.38. The van der Waals surface area contributed by atoms with E-state index in [1.54, 1.807) is 50.5 Å². The fourth-order valence-electron chi connectivity index (χ4n) is 3.87. The summed E-state index contributed by atoms with van der Waals surface area (Å²) in [4.78, 5) is 30.0. The Kier molecular flexibility index (Phi) is 7.25. The first-order chi connectivity index (χ1) is 14.6. The van der Waals surface area contributed by atoms with Gasteiger partial charge in [0.2, 0.25) is 11.7 Å². The maximum absolute atomic E-state index is 12.6. The molecule has 0 N–H and O–H groups in total. The van der Waals surface area contributed by atoms with Crippen molar-refractivity contribution in [1.29, 1.82) is 0 Å². The van der Waals surface area contributed by atoms with E-state index in [1.165, 1.54) is 0 Å². The molecule has 30 heavy (non-hydrogen) atoms. The highest BCUT2D eigenvalue weighted by molar-refractivity contribution is 5.92. The van der Waals surface area contributed by atoms with Gasteiger partial charge in [-0.15, -0.1) is 0 Å². The summed E-state index contributed by atoms with van der Waals surface area (Å²) >= 11 is 0. The minimum atomic E-state index is -0.0683. The fraction of sp³-hybridized carbons (Fsp3) is 0.500. The van der Waals surface area contributed by atoms with Gasteiger partial charge in [-0.2, -0.15) is 0 Å². The summed E-state index contributed by atoms with van der Waals surface area (Å²) in [5, 5.41) is 0. The van der Waals surface area contributed by atoms with Crippen LogP contribution in [0.25, 0.3) is 6.08 Å². The highest BCUT2D eigenvalue weighted by atomic mass is 16.5. The third kappa shape index (κ3) is 4.71. The summed E-state index contributed by atoms with van der Waals surface area (Å²) in [6.45, 7) is 4.20. The number of rotatable bonds is 7. The van der Waals surface area contributed by atoms with Crippen LogP contribution >= 0.6 is 0 Å². The van der Waals surface area contributed by atoms with Crippen molar-refractivity contribution >= 4 is 17.9 Å². The topological polar surface area (TPSA) is 71.6 Å². The van der Waals surface area contributed by atoms with E-state index < -0.39 is 0 Å². The van der Waals surface area contributed by atoms with Gasteiger partial charge in [-0.05, 0) is 36.6 Å². The third-order valence-electron chi connectivity index (χ3n) is 5.49.